The number of hydrogen-bond donors (Lipinski definition) is 1. The van der Waals surface area contributed by atoms with Gasteiger partial charge in [-0.1, -0.05) is 67.4 Å². The van der Waals surface area contributed by atoms with Crippen molar-refractivity contribution >= 4 is 15.6 Å². The molecule has 1 aliphatic carbocycles. The molecule has 2 aromatic carbocycles. The van der Waals surface area contributed by atoms with Gasteiger partial charge in [0.25, 0.3) is 0 Å². The second-order valence-corrected chi connectivity index (χ2v) is 9.45. The molecule has 4 nitrogen and oxygen atoms in total. The molecule has 0 aromatic heterocycles. The minimum Gasteiger partial charge on any atom is -0.295 e. The molecule has 0 unspecified atom stereocenters. The molecular weight excluding hydrogens is 368 g/mol. The van der Waals surface area contributed by atoms with Crippen molar-refractivity contribution in [1.29, 1.82) is 0 Å². The van der Waals surface area contributed by atoms with Crippen LogP contribution in [0.2, 0.25) is 0 Å². The molecule has 2 aromatic rings. The van der Waals surface area contributed by atoms with Crippen LogP contribution < -0.4 is 4.72 Å². The van der Waals surface area contributed by atoms with Gasteiger partial charge >= 0.3 is 0 Å². The first-order valence-electron chi connectivity index (χ1n) is 10.2. The quantitative estimate of drug-likeness (QED) is 0.829. The minimum absolute atomic E-state index is 0.0226. The van der Waals surface area contributed by atoms with E-state index in [1.165, 1.54) is 17.6 Å². The van der Waals surface area contributed by atoms with Crippen molar-refractivity contribution in [3.05, 3.63) is 72.3 Å². The Bertz CT molecular complexity index is 910. The molecule has 28 heavy (non-hydrogen) atoms. The van der Waals surface area contributed by atoms with E-state index >= 15 is 0 Å². The van der Waals surface area contributed by atoms with E-state index in [-0.39, 0.29) is 12.1 Å². The highest BCUT2D eigenvalue weighted by atomic mass is 32.2. The molecule has 4 rings (SSSR count). The first-order chi connectivity index (χ1) is 13.6. The van der Waals surface area contributed by atoms with Crippen LogP contribution in [0.1, 0.15) is 37.7 Å². The fraction of sp³-hybridized carbons (Fsp3) is 0.391. The van der Waals surface area contributed by atoms with Crippen molar-refractivity contribution in [2.45, 2.75) is 49.1 Å². The molecule has 0 saturated heterocycles. The Balaban J connectivity index is 1.47. The van der Waals surface area contributed by atoms with Gasteiger partial charge in [-0.3, -0.25) is 4.90 Å². The highest BCUT2D eigenvalue weighted by Gasteiger charge is 2.33. The molecule has 0 amide bonds. The number of benzene rings is 2. The predicted molar refractivity (Wildman–Crippen MR) is 113 cm³/mol. The van der Waals surface area contributed by atoms with Crippen molar-refractivity contribution in [2.24, 2.45) is 0 Å². The van der Waals surface area contributed by atoms with E-state index in [2.05, 4.69) is 40.0 Å². The van der Waals surface area contributed by atoms with Gasteiger partial charge in [0.15, 0.2) is 0 Å². The largest absolute Gasteiger partial charge is 0.295 e. The van der Waals surface area contributed by atoms with Crippen molar-refractivity contribution < 1.29 is 8.42 Å². The Morgan fingerprint density at radius 1 is 0.893 bits per heavy atom. The zero-order valence-electron chi connectivity index (χ0n) is 16.1. The van der Waals surface area contributed by atoms with Gasteiger partial charge in [-0.05, 0) is 42.5 Å². The lowest BCUT2D eigenvalue weighted by molar-refractivity contribution is 0.144. The molecule has 148 valence electrons. The first kappa shape index (κ1) is 19.4. The Morgan fingerprint density at radius 2 is 1.57 bits per heavy atom. The third kappa shape index (κ3) is 4.37. The van der Waals surface area contributed by atoms with Gasteiger partial charge in [-0.25, -0.2) is 13.1 Å². The molecule has 2 aliphatic rings. The fourth-order valence-electron chi connectivity index (χ4n) is 4.45. The lowest BCUT2D eigenvalue weighted by Gasteiger charge is -2.41. The Hall–Kier alpha value is -1.95. The molecule has 1 fully saturated rings. The van der Waals surface area contributed by atoms with Crippen LogP contribution in [0, 0.1) is 0 Å². The van der Waals surface area contributed by atoms with Crippen LogP contribution >= 0.6 is 0 Å². The summed E-state index contributed by atoms with van der Waals surface area (Å²) in [6.07, 6.45) is 7.53. The van der Waals surface area contributed by atoms with Gasteiger partial charge in [-0.15, -0.1) is 0 Å². The van der Waals surface area contributed by atoms with Crippen molar-refractivity contribution in [2.75, 3.05) is 13.1 Å². The average molecular weight is 397 g/mol. The predicted octanol–water partition coefficient (Wildman–Crippen LogP) is 4.07. The zero-order chi connectivity index (χ0) is 19.4. The van der Waals surface area contributed by atoms with Crippen LogP contribution in [0.3, 0.4) is 0 Å². The summed E-state index contributed by atoms with van der Waals surface area (Å²) in [5.74, 6) is 0. The van der Waals surface area contributed by atoms with Gasteiger partial charge in [-0.2, -0.15) is 0 Å². The molecule has 1 saturated carbocycles. The van der Waals surface area contributed by atoms with Gasteiger partial charge in [0.1, 0.15) is 0 Å². The van der Waals surface area contributed by atoms with Gasteiger partial charge in [0.2, 0.25) is 10.0 Å². The lowest BCUT2D eigenvalue weighted by atomic mass is 9.88. The van der Waals surface area contributed by atoms with Crippen molar-refractivity contribution in [3.8, 4) is 0 Å². The smallest absolute Gasteiger partial charge is 0.240 e. The minimum atomic E-state index is -3.48. The summed E-state index contributed by atoms with van der Waals surface area (Å²) in [7, 11) is -3.48. The molecule has 0 bridgehead atoms. The topological polar surface area (TPSA) is 49.4 Å². The molecule has 2 atom stereocenters. The maximum absolute atomic E-state index is 12.8. The van der Waals surface area contributed by atoms with Gasteiger partial charge in [0.05, 0.1) is 4.90 Å². The van der Waals surface area contributed by atoms with Crippen molar-refractivity contribution in [3.63, 3.8) is 0 Å². The number of nitrogens with zero attached hydrogens (tertiary/aromatic N) is 1. The van der Waals surface area contributed by atoms with E-state index < -0.39 is 10.0 Å². The number of nitrogens with one attached hydrogen (secondary N) is 1. The normalized spacial score (nSPS) is 23.9. The Labute approximate surface area is 168 Å². The highest BCUT2D eigenvalue weighted by molar-refractivity contribution is 7.89. The highest BCUT2D eigenvalue weighted by Crippen LogP contribution is 2.29. The molecule has 5 heteroatoms. The van der Waals surface area contributed by atoms with E-state index in [1.54, 1.807) is 24.3 Å². The second kappa shape index (κ2) is 8.60. The van der Waals surface area contributed by atoms with E-state index in [0.29, 0.717) is 4.90 Å². The third-order valence-corrected chi connectivity index (χ3v) is 7.45. The van der Waals surface area contributed by atoms with E-state index in [4.69, 9.17) is 0 Å². The second-order valence-electron chi connectivity index (χ2n) is 7.73. The number of rotatable bonds is 5. The fourth-order valence-corrected chi connectivity index (χ4v) is 5.78. The van der Waals surface area contributed by atoms with Crippen LogP contribution in [0.15, 0.2) is 71.6 Å². The molecule has 0 radical (unpaired) electrons. The van der Waals surface area contributed by atoms with Crippen molar-refractivity contribution in [1.82, 2.24) is 9.62 Å². The maximum Gasteiger partial charge on any atom is 0.240 e. The monoisotopic (exact) mass is 396 g/mol. The summed E-state index contributed by atoms with van der Waals surface area (Å²) in [6.45, 7) is 1.87. The molecule has 1 heterocycles. The summed E-state index contributed by atoms with van der Waals surface area (Å²) < 4.78 is 28.7. The van der Waals surface area contributed by atoms with Crippen LogP contribution in [-0.4, -0.2) is 38.5 Å². The number of sulfonamides is 1. The van der Waals surface area contributed by atoms with Crippen LogP contribution in [0.25, 0.3) is 5.57 Å². The summed E-state index contributed by atoms with van der Waals surface area (Å²) >= 11 is 0. The Morgan fingerprint density at radius 3 is 2.25 bits per heavy atom. The van der Waals surface area contributed by atoms with E-state index in [9.17, 15) is 8.42 Å². The standard InChI is InChI=1S/C23H28N2O2S/c26-28(27,21-11-5-2-6-12-21)24-22-13-7-8-14-23(22)25-17-15-20(16-18-25)19-9-3-1-4-10-19/h1-6,9-12,15,22-24H,7-8,13-14,16-18H2/t22-,23-/m0/s1. The van der Waals surface area contributed by atoms with Crippen LogP contribution in [-0.2, 0) is 10.0 Å². The van der Waals surface area contributed by atoms with E-state index in [1.807, 2.05) is 12.1 Å². The summed E-state index contributed by atoms with van der Waals surface area (Å²) in [4.78, 5) is 2.81. The third-order valence-electron chi connectivity index (χ3n) is 5.94. The lowest BCUT2D eigenvalue weighted by Crippen LogP contribution is -2.54. The summed E-state index contributed by atoms with van der Waals surface area (Å²) in [5.41, 5.74) is 2.70. The summed E-state index contributed by atoms with van der Waals surface area (Å²) in [5, 5.41) is 0. The van der Waals surface area contributed by atoms with Gasteiger partial charge < -0.3 is 0 Å². The van der Waals surface area contributed by atoms with E-state index in [0.717, 1.165) is 38.8 Å². The van der Waals surface area contributed by atoms with Crippen LogP contribution in [0.5, 0.6) is 0 Å². The average Bonchev–Trinajstić information content (AvgIpc) is 2.75. The van der Waals surface area contributed by atoms with Gasteiger partial charge in [0, 0.05) is 25.2 Å². The Kier molecular flexibility index (Phi) is 5.95. The zero-order valence-corrected chi connectivity index (χ0v) is 16.9. The SMILES string of the molecule is O=S(=O)(N[C@H]1CCCC[C@@H]1N1CC=C(c2ccccc2)CC1)c1ccccc1. The maximum atomic E-state index is 12.8. The molecule has 1 aliphatic heterocycles. The molecule has 1 N–H and O–H groups in total. The molecule has 0 spiro atoms. The number of hydrogen-bond acceptors (Lipinski definition) is 3. The molecular formula is C23H28N2O2S. The summed E-state index contributed by atoms with van der Waals surface area (Å²) in [6, 6.07) is 19.5. The first-order valence-corrected chi connectivity index (χ1v) is 11.7. The van der Waals surface area contributed by atoms with Crippen LogP contribution in [0.4, 0.5) is 0 Å².